The standard InChI is InChI=1S/C17H23ClN4O5/c1-10(2)21-14(23)8-20-15(24)9-27-16(25)7-13(22-17(19)26)11-5-3-4-6-12(11)18/h3-6,10,13H,7-9H2,1-2H3,(H,20,24)(H,21,23)(H3,19,22,26)/t13-/m1/s1. The second-order valence-corrected chi connectivity index (χ2v) is 6.35. The van der Waals surface area contributed by atoms with Gasteiger partial charge in [-0.05, 0) is 25.5 Å². The molecule has 0 aliphatic heterocycles. The highest BCUT2D eigenvalue weighted by Gasteiger charge is 2.21. The summed E-state index contributed by atoms with van der Waals surface area (Å²) in [7, 11) is 0. The first-order valence-electron chi connectivity index (χ1n) is 8.21. The zero-order chi connectivity index (χ0) is 20.4. The molecule has 0 saturated heterocycles. The second-order valence-electron chi connectivity index (χ2n) is 5.95. The van der Waals surface area contributed by atoms with Crippen LogP contribution in [0.1, 0.15) is 31.9 Å². The number of carbonyl (C=O) groups is 4. The van der Waals surface area contributed by atoms with Crippen molar-refractivity contribution >= 4 is 35.4 Å². The molecule has 1 atom stereocenters. The number of carbonyl (C=O) groups excluding carboxylic acids is 4. The Morgan fingerprint density at radius 3 is 2.37 bits per heavy atom. The Kier molecular flexibility index (Phi) is 9.07. The van der Waals surface area contributed by atoms with Crippen molar-refractivity contribution in [1.29, 1.82) is 0 Å². The first-order valence-corrected chi connectivity index (χ1v) is 8.59. The summed E-state index contributed by atoms with van der Waals surface area (Å²) in [5.41, 5.74) is 5.62. The number of benzene rings is 1. The van der Waals surface area contributed by atoms with Crippen molar-refractivity contribution in [2.75, 3.05) is 13.2 Å². The lowest BCUT2D eigenvalue weighted by Crippen LogP contribution is -2.41. The van der Waals surface area contributed by atoms with Crippen LogP contribution in [0.4, 0.5) is 4.79 Å². The molecule has 0 saturated carbocycles. The Balaban J connectivity index is 2.52. The van der Waals surface area contributed by atoms with Crippen LogP contribution in [0, 0.1) is 0 Å². The molecule has 0 aliphatic carbocycles. The van der Waals surface area contributed by atoms with Crippen molar-refractivity contribution in [2.24, 2.45) is 5.73 Å². The van der Waals surface area contributed by atoms with E-state index in [-0.39, 0.29) is 24.9 Å². The number of amides is 4. The number of primary amides is 1. The molecule has 0 heterocycles. The number of halogens is 1. The maximum absolute atomic E-state index is 12.0. The number of nitrogens with two attached hydrogens (primary N) is 1. The molecule has 27 heavy (non-hydrogen) atoms. The molecule has 4 amide bonds. The Bertz CT molecular complexity index is 696. The van der Waals surface area contributed by atoms with Crippen LogP contribution >= 0.6 is 11.6 Å². The van der Waals surface area contributed by atoms with E-state index in [1.165, 1.54) is 0 Å². The molecule has 0 radical (unpaired) electrons. The van der Waals surface area contributed by atoms with Crippen LogP contribution in [0.25, 0.3) is 0 Å². The summed E-state index contributed by atoms with van der Waals surface area (Å²) < 4.78 is 4.87. The van der Waals surface area contributed by atoms with Gasteiger partial charge in [0.2, 0.25) is 5.91 Å². The molecule has 0 aliphatic rings. The largest absolute Gasteiger partial charge is 0.456 e. The van der Waals surface area contributed by atoms with Gasteiger partial charge in [-0.1, -0.05) is 29.8 Å². The number of esters is 1. The molecule has 0 unspecified atom stereocenters. The van der Waals surface area contributed by atoms with E-state index in [1.54, 1.807) is 38.1 Å². The lowest BCUT2D eigenvalue weighted by molar-refractivity contribution is -0.149. The number of hydrogen-bond acceptors (Lipinski definition) is 5. The summed E-state index contributed by atoms with van der Waals surface area (Å²) in [6, 6.07) is 4.95. The molecular weight excluding hydrogens is 376 g/mol. The van der Waals surface area contributed by atoms with E-state index in [4.69, 9.17) is 22.1 Å². The van der Waals surface area contributed by atoms with Gasteiger partial charge in [0.25, 0.3) is 5.91 Å². The van der Waals surface area contributed by atoms with Crippen LogP contribution in [0.15, 0.2) is 24.3 Å². The summed E-state index contributed by atoms with van der Waals surface area (Å²) in [6.07, 6.45) is -0.270. The van der Waals surface area contributed by atoms with Gasteiger partial charge in [0, 0.05) is 11.1 Å². The Morgan fingerprint density at radius 2 is 1.78 bits per heavy atom. The van der Waals surface area contributed by atoms with E-state index in [9.17, 15) is 19.2 Å². The molecule has 148 valence electrons. The topological polar surface area (TPSA) is 140 Å². The van der Waals surface area contributed by atoms with E-state index in [0.717, 1.165) is 0 Å². The van der Waals surface area contributed by atoms with Gasteiger partial charge in [-0.25, -0.2) is 4.79 Å². The van der Waals surface area contributed by atoms with E-state index in [2.05, 4.69) is 16.0 Å². The predicted molar refractivity (Wildman–Crippen MR) is 98.8 cm³/mol. The van der Waals surface area contributed by atoms with Gasteiger partial charge in [-0.2, -0.15) is 0 Å². The second kappa shape index (κ2) is 11.0. The van der Waals surface area contributed by atoms with Gasteiger partial charge in [0.15, 0.2) is 6.61 Å². The third kappa shape index (κ3) is 8.91. The first-order chi connectivity index (χ1) is 12.7. The summed E-state index contributed by atoms with van der Waals surface area (Å²) in [4.78, 5) is 46.3. The molecule has 1 rings (SSSR count). The van der Waals surface area contributed by atoms with Crippen molar-refractivity contribution in [3.05, 3.63) is 34.9 Å². The van der Waals surface area contributed by atoms with Crippen molar-refractivity contribution in [2.45, 2.75) is 32.4 Å². The molecule has 5 N–H and O–H groups in total. The Morgan fingerprint density at radius 1 is 1.11 bits per heavy atom. The molecule has 0 fully saturated rings. The van der Waals surface area contributed by atoms with E-state index in [0.29, 0.717) is 10.6 Å². The number of rotatable bonds is 9. The third-order valence-electron chi connectivity index (χ3n) is 3.23. The minimum absolute atomic E-state index is 0.0493. The maximum atomic E-state index is 12.0. The summed E-state index contributed by atoms with van der Waals surface area (Å²) in [5, 5.41) is 7.69. The lowest BCUT2D eigenvalue weighted by Gasteiger charge is -2.18. The van der Waals surface area contributed by atoms with Gasteiger partial charge in [0.05, 0.1) is 19.0 Å². The number of hydrogen-bond donors (Lipinski definition) is 4. The number of nitrogens with one attached hydrogen (secondary N) is 3. The smallest absolute Gasteiger partial charge is 0.312 e. The van der Waals surface area contributed by atoms with Gasteiger partial charge in [0.1, 0.15) is 0 Å². The SMILES string of the molecule is CC(C)NC(=O)CNC(=O)COC(=O)C[C@@H](NC(N)=O)c1ccccc1Cl. The van der Waals surface area contributed by atoms with Gasteiger partial charge in [-0.3, -0.25) is 14.4 Å². The molecule has 0 aromatic heterocycles. The van der Waals surface area contributed by atoms with Crippen LogP contribution in [0.2, 0.25) is 5.02 Å². The van der Waals surface area contributed by atoms with E-state index in [1.807, 2.05) is 0 Å². The zero-order valence-electron chi connectivity index (χ0n) is 15.1. The van der Waals surface area contributed by atoms with Crippen LogP contribution in [0.3, 0.4) is 0 Å². The molecule has 9 nitrogen and oxygen atoms in total. The highest BCUT2D eigenvalue weighted by molar-refractivity contribution is 6.31. The van der Waals surface area contributed by atoms with Gasteiger partial charge >= 0.3 is 12.0 Å². The molecule has 1 aromatic rings. The van der Waals surface area contributed by atoms with Gasteiger partial charge < -0.3 is 26.4 Å². The van der Waals surface area contributed by atoms with E-state index < -0.39 is 30.6 Å². The van der Waals surface area contributed by atoms with E-state index >= 15 is 0 Å². The summed E-state index contributed by atoms with van der Waals surface area (Å²) >= 11 is 6.07. The average Bonchev–Trinajstić information content (AvgIpc) is 2.57. The van der Waals surface area contributed by atoms with Gasteiger partial charge in [-0.15, -0.1) is 0 Å². The average molecular weight is 399 g/mol. The quantitative estimate of drug-likeness (QED) is 0.451. The van der Waals surface area contributed by atoms with Crippen molar-refractivity contribution in [3.63, 3.8) is 0 Å². The molecule has 0 spiro atoms. The highest BCUT2D eigenvalue weighted by Crippen LogP contribution is 2.25. The normalized spacial score (nSPS) is 11.4. The van der Waals surface area contributed by atoms with Crippen LogP contribution in [0.5, 0.6) is 0 Å². The minimum atomic E-state index is -0.832. The molecular formula is C17H23ClN4O5. The number of urea groups is 1. The van der Waals surface area contributed by atoms with Crippen molar-refractivity contribution < 1.29 is 23.9 Å². The molecule has 0 bridgehead atoms. The predicted octanol–water partition coefficient (Wildman–Crippen LogP) is 0.624. The monoisotopic (exact) mass is 398 g/mol. The third-order valence-corrected chi connectivity index (χ3v) is 3.57. The fourth-order valence-corrected chi connectivity index (χ4v) is 2.41. The van der Waals surface area contributed by atoms with Crippen molar-refractivity contribution in [3.8, 4) is 0 Å². The summed E-state index contributed by atoms with van der Waals surface area (Å²) in [5.74, 6) is -1.72. The fourth-order valence-electron chi connectivity index (χ4n) is 2.14. The fraction of sp³-hybridized carbons (Fsp3) is 0.412. The molecule has 10 heteroatoms. The van der Waals surface area contributed by atoms with Crippen LogP contribution in [-0.4, -0.2) is 43.0 Å². The maximum Gasteiger partial charge on any atom is 0.312 e. The number of ether oxygens (including phenoxy) is 1. The highest BCUT2D eigenvalue weighted by atomic mass is 35.5. The first kappa shape index (κ1) is 22.2. The zero-order valence-corrected chi connectivity index (χ0v) is 15.8. The summed E-state index contributed by atoms with van der Waals surface area (Å²) in [6.45, 7) is 2.80. The molecule has 1 aromatic carbocycles. The Labute approximate surface area is 161 Å². The van der Waals surface area contributed by atoms with Crippen LogP contribution in [-0.2, 0) is 19.1 Å². The Hall–Kier alpha value is -2.81. The van der Waals surface area contributed by atoms with Crippen LogP contribution < -0.4 is 21.7 Å². The van der Waals surface area contributed by atoms with Crippen molar-refractivity contribution in [1.82, 2.24) is 16.0 Å². The lowest BCUT2D eigenvalue weighted by atomic mass is 10.0. The minimum Gasteiger partial charge on any atom is -0.456 e.